The molecule has 0 unspecified atom stereocenters. The molecular formula is C20H13ClN2O3S2. The number of fused-ring (bicyclic) bond motifs is 1. The standard InChI is InChI=1S/C20H13ClN2O3S2/c21-15-7-5-13(6-8-15)18(24)22-23-19(25)17(28-20(23)27)10-12-9-14-3-1-2-4-16(14)26-11-12/h1-10H,11H2,(H,22,24)/b17-10+. The molecule has 1 saturated heterocycles. The molecule has 0 aliphatic carbocycles. The number of benzene rings is 2. The van der Waals surface area contributed by atoms with Crippen molar-refractivity contribution >= 4 is 57.8 Å². The molecule has 140 valence electrons. The molecule has 4 rings (SSSR count). The second kappa shape index (κ2) is 7.79. The van der Waals surface area contributed by atoms with Crippen molar-refractivity contribution in [2.45, 2.75) is 0 Å². The molecule has 2 aromatic carbocycles. The molecule has 0 spiro atoms. The molecule has 28 heavy (non-hydrogen) atoms. The summed E-state index contributed by atoms with van der Waals surface area (Å²) in [6, 6.07) is 14.0. The quantitative estimate of drug-likeness (QED) is 0.586. The number of carbonyl (C=O) groups is 2. The van der Waals surface area contributed by atoms with Crippen LogP contribution < -0.4 is 10.2 Å². The summed E-state index contributed by atoms with van der Waals surface area (Å²) in [5.74, 6) is -0.0112. The van der Waals surface area contributed by atoms with Crippen LogP contribution in [0.4, 0.5) is 0 Å². The summed E-state index contributed by atoms with van der Waals surface area (Å²) in [4.78, 5) is 25.5. The highest BCUT2D eigenvalue weighted by molar-refractivity contribution is 8.26. The Morgan fingerprint density at radius 3 is 2.75 bits per heavy atom. The van der Waals surface area contributed by atoms with Gasteiger partial charge in [0.05, 0.1) is 4.91 Å². The highest BCUT2D eigenvalue weighted by Gasteiger charge is 2.34. The SMILES string of the molecule is O=C(NN1C(=O)/C(=C\C2=Cc3ccccc3OC2)SC1=S)c1ccc(Cl)cc1. The highest BCUT2D eigenvalue weighted by atomic mass is 35.5. The normalized spacial score (nSPS) is 17.2. The zero-order chi connectivity index (χ0) is 19.7. The molecule has 0 aromatic heterocycles. The third kappa shape index (κ3) is 3.82. The Morgan fingerprint density at radius 1 is 1.21 bits per heavy atom. The first kappa shape index (κ1) is 18.7. The van der Waals surface area contributed by atoms with Gasteiger partial charge in [-0.15, -0.1) is 0 Å². The summed E-state index contributed by atoms with van der Waals surface area (Å²) in [5.41, 5.74) is 4.72. The van der Waals surface area contributed by atoms with Crippen LogP contribution >= 0.6 is 35.6 Å². The smallest absolute Gasteiger partial charge is 0.285 e. The van der Waals surface area contributed by atoms with Gasteiger partial charge in [0, 0.05) is 16.1 Å². The van der Waals surface area contributed by atoms with Crippen LogP contribution in [0.3, 0.4) is 0 Å². The van der Waals surface area contributed by atoms with E-state index < -0.39 is 5.91 Å². The lowest BCUT2D eigenvalue weighted by atomic mass is 10.1. The second-order valence-electron chi connectivity index (χ2n) is 6.01. The Kier molecular flexibility index (Phi) is 5.21. The number of carbonyl (C=O) groups excluding carboxylic acids is 2. The summed E-state index contributed by atoms with van der Waals surface area (Å²) in [7, 11) is 0. The van der Waals surface area contributed by atoms with E-state index in [4.69, 9.17) is 28.6 Å². The fraction of sp³-hybridized carbons (Fsp3) is 0.0500. The van der Waals surface area contributed by atoms with Gasteiger partial charge in [-0.1, -0.05) is 41.6 Å². The Balaban J connectivity index is 1.51. The van der Waals surface area contributed by atoms with Gasteiger partial charge in [0.25, 0.3) is 11.8 Å². The minimum Gasteiger partial charge on any atom is -0.488 e. The predicted molar refractivity (Wildman–Crippen MR) is 114 cm³/mol. The molecule has 2 aliphatic rings. The number of halogens is 1. The van der Waals surface area contributed by atoms with Gasteiger partial charge in [0.1, 0.15) is 12.4 Å². The van der Waals surface area contributed by atoms with Crippen LogP contribution in [-0.4, -0.2) is 27.8 Å². The monoisotopic (exact) mass is 428 g/mol. The topological polar surface area (TPSA) is 58.6 Å². The molecule has 2 aliphatic heterocycles. The van der Waals surface area contributed by atoms with Crippen molar-refractivity contribution in [3.63, 3.8) is 0 Å². The lowest BCUT2D eigenvalue weighted by molar-refractivity contribution is -0.123. The zero-order valence-electron chi connectivity index (χ0n) is 14.3. The average Bonchev–Trinajstić information content (AvgIpc) is 2.95. The maximum absolute atomic E-state index is 12.7. The minimum absolute atomic E-state index is 0.260. The zero-order valence-corrected chi connectivity index (χ0v) is 16.7. The average molecular weight is 429 g/mol. The van der Waals surface area contributed by atoms with Crippen molar-refractivity contribution in [3.8, 4) is 5.75 Å². The Morgan fingerprint density at radius 2 is 1.96 bits per heavy atom. The summed E-state index contributed by atoms with van der Waals surface area (Å²) in [6.45, 7) is 0.359. The van der Waals surface area contributed by atoms with Gasteiger partial charge < -0.3 is 4.74 Å². The number of thioether (sulfide) groups is 1. The van der Waals surface area contributed by atoms with Crippen LogP contribution in [0.25, 0.3) is 6.08 Å². The van der Waals surface area contributed by atoms with Crippen LogP contribution in [0, 0.1) is 0 Å². The lowest BCUT2D eigenvalue weighted by Gasteiger charge is -2.16. The molecule has 2 aromatic rings. The van der Waals surface area contributed by atoms with E-state index in [1.165, 1.54) is 0 Å². The third-order valence-corrected chi connectivity index (χ3v) is 5.64. The Bertz CT molecular complexity index is 1050. The number of hydrogen-bond acceptors (Lipinski definition) is 5. The fourth-order valence-electron chi connectivity index (χ4n) is 2.72. The molecular weight excluding hydrogens is 416 g/mol. The molecule has 1 N–H and O–H groups in total. The molecule has 5 nitrogen and oxygen atoms in total. The predicted octanol–water partition coefficient (Wildman–Crippen LogP) is 4.21. The van der Waals surface area contributed by atoms with E-state index >= 15 is 0 Å². The fourth-order valence-corrected chi connectivity index (χ4v) is 4.04. The number of hydrogen-bond donors (Lipinski definition) is 1. The van der Waals surface area contributed by atoms with Gasteiger partial charge in [0.2, 0.25) is 0 Å². The molecule has 2 amide bonds. The molecule has 0 bridgehead atoms. The third-order valence-electron chi connectivity index (χ3n) is 4.08. The molecule has 0 radical (unpaired) electrons. The summed E-state index contributed by atoms with van der Waals surface area (Å²) < 4.78 is 5.97. The summed E-state index contributed by atoms with van der Waals surface area (Å²) >= 11 is 12.2. The number of nitrogens with zero attached hydrogens (tertiary/aromatic N) is 1. The van der Waals surface area contributed by atoms with Gasteiger partial charge in [0.15, 0.2) is 4.32 Å². The maximum atomic E-state index is 12.7. The molecule has 0 saturated carbocycles. The Hall–Kier alpha value is -2.61. The summed E-state index contributed by atoms with van der Waals surface area (Å²) in [5, 5.41) is 1.61. The van der Waals surface area contributed by atoms with Crippen molar-refractivity contribution in [1.29, 1.82) is 0 Å². The number of thiocarbonyl (C=S) groups is 1. The van der Waals surface area contributed by atoms with E-state index in [-0.39, 0.29) is 10.2 Å². The Labute approximate surface area is 176 Å². The van der Waals surface area contributed by atoms with Crippen LogP contribution in [0.15, 0.2) is 65.1 Å². The highest BCUT2D eigenvalue weighted by Crippen LogP contribution is 2.33. The van der Waals surface area contributed by atoms with Crippen LogP contribution in [0.5, 0.6) is 5.75 Å². The number of ether oxygens (including phenoxy) is 1. The van der Waals surface area contributed by atoms with E-state index in [1.807, 2.05) is 30.3 Å². The number of hydrazine groups is 1. The van der Waals surface area contributed by atoms with Gasteiger partial charge in [-0.25, -0.2) is 0 Å². The molecule has 0 atom stereocenters. The van der Waals surface area contributed by atoms with Crippen LogP contribution in [0.1, 0.15) is 15.9 Å². The van der Waals surface area contributed by atoms with Gasteiger partial charge in [-0.2, -0.15) is 5.01 Å². The minimum atomic E-state index is -0.441. The van der Waals surface area contributed by atoms with Crippen molar-refractivity contribution in [2.75, 3.05) is 6.61 Å². The summed E-state index contributed by atoms with van der Waals surface area (Å²) in [6.07, 6.45) is 3.71. The van der Waals surface area contributed by atoms with E-state index in [0.29, 0.717) is 22.1 Å². The number of nitrogens with one attached hydrogen (secondary N) is 1. The van der Waals surface area contributed by atoms with Crippen molar-refractivity contribution in [2.24, 2.45) is 0 Å². The van der Waals surface area contributed by atoms with E-state index in [2.05, 4.69) is 5.43 Å². The van der Waals surface area contributed by atoms with Gasteiger partial charge in [-0.3, -0.25) is 15.0 Å². The van der Waals surface area contributed by atoms with Gasteiger partial charge in [-0.05, 0) is 60.3 Å². The first-order valence-corrected chi connectivity index (χ1v) is 9.88. The van der Waals surface area contributed by atoms with Crippen molar-refractivity contribution in [3.05, 3.63) is 81.2 Å². The second-order valence-corrected chi connectivity index (χ2v) is 8.12. The van der Waals surface area contributed by atoms with E-state index in [9.17, 15) is 9.59 Å². The lowest BCUT2D eigenvalue weighted by Crippen LogP contribution is -2.44. The number of rotatable bonds is 3. The molecule has 2 heterocycles. The van der Waals surface area contributed by atoms with E-state index in [1.54, 1.807) is 30.3 Å². The van der Waals surface area contributed by atoms with Crippen LogP contribution in [-0.2, 0) is 4.79 Å². The maximum Gasteiger partial charge on any atom is 0.285 e. The number of amides is 2. The number of para-hydroxylation sites is 1. The van der Waals surface area contributed by atoms with Crippen molar-refractivity contribution < 1.29 is 14.3 Å². The van der Waals surface area contributed by atoms with Crippen molar-refractivity contribution in [1.82, 2.24) is 10.4 Å². The van der Waals surface area contributed by atoms with Crippen LogP contribution in [0.2, 0.25) is 5.02 Å². The van der Waals surface area contributed by atoms with Gasteiger partial charge >= 0.3 is 0 Å². The molecule has 8 heteroatoms. The van der Waals surface area contributed by atoms with E-state index in [0.717, 1.165) is 33.7 Å². The first-order valence-electron chi connectivity index (χ1n) is 8.28. The molecule has 1 fully saturated rings. The largest absolute Gasteiger partial charge is 0.488 e. The first-order chi connectivity index (χ1) is 13.5.